The minimum absolute atomic E-state index is 0.168. The highest BCUT2D eigenvalue weighted by Crippen LogP contribution is 2.29. The normalized spacial score (nSPS) is 23.3. The number of thioether (sulfide) groups is 1. The van der Waals surface area contributed by atoms with Gasteiger partial charge in [-0.2, -0.15) is 0 Å². The largest absolute Gasteiger partial charge is 0.374 e. The molecule has 1 aromatic carbocycles. The van der Waals surface area contributed by atoms with Gasteiger partial charge in [-0.3, -0.25) is 4.79 Å². The zero-order valence-electron chi connectivity index (χ0n) is 14.1. The predicted molar refractivity (Wildman–Crippen MR) is 95.8 cm³/mol. The van der Waals surface area contributed by atoms with Crippen molar-refractivity contribution in [1.29, 1.82) is 0 Å². The van der Waals surface area contributed by atoms with E-state index in [0.29, 0.717) is 24.1 Å². The van der Waals surface area contributed by atoms with E-state index in [4.69, 9.17) is 4.74 Å². The van der Waals surface area contributed by atoms with Crippen molar-refractivity contribution in [2.24, 2.45) is 0 Å². The zero-order valence-corrected chi connectivity index (χ0v) is 14.9. The fourth-order valence-electron chi connectivity index (χ4n) is 3.63. The number of ether oxygens (including phenoxy) is 1. The van der Waals surface area contributed by atoms with Gasteiger partial charge in [0.15, 0.2) is 0 Å². The van der Waals surface area contributed by atoms with Gasteiger partial charge in [-0.15, -0.1) is 5.10 Å². The average molecular weight is 358 g/mol. The molecule has 0 radical (unpaired) electrons. The Balaban J connectivity index is 1.36. The van der Waals surface area contributed by atoms with Gasteiger partial charge in [0.1, 0.15) is 6.33 Å². The number of morpholine rings is 1. The van der Waals surface area contributed by atoms with Crippen molar-refractivity contribution in [3.8, 4) is 5.69 Å². The first-order valence-corrected chi connectivity index (χ1v) is 9.81. The molecule has 4 rings (SSSR count). The number of para-hydroxylation sites is 1. The lowest BCUT2D eigenvalue weighted by atomic mass is 9.90. The van der Waals surface area contributed by atoms with E-state index < -0.39 is 0 Å². The van der Waals surface area contributed by atoms with Gasteiger partial charge in [-0.1, -0.05) is 42.8 Å². The van der Waals surface area contributed by atoms with E-state index in [-0.39, 0.29) is 18.1 Å². The lowest BCUT2D eigenvalue weighted by molar-refractivity contribution is -0.146. The maximum absolute atomic E-state index is 12.7. The van der Waals surface area contributed by atoms with Crippen molar-refractivity contribution in [3.63, 3.8) is 0 Å². The summed E-state index contributed by atoms with van der Waals surface area (Å²) in [5.41, 5.74) is 0.964. The summed E-state index contributed by atoms with van der Waals surface area (Å²) in [6.45, 7) is 1.35. The topological polar surface area (TPSA) is 60.2 Å². The Morgan fingerprint density at radius 2 is 2.08 bits per heavy atom. The molecule has 1 amide bonds. The smallest absolute Gasteiger partial charge is 0.233 e. The molecule has 0 unspecified atom stereocenters. The average Bonchev–Trinajstić information content (AvgIpc) is 3.15. The third-order valence-corrected chi connectivity index (χ3v) is 5.71. The summed E-state index contributed by atoms with van der Waals surface area (Å²) in [5.74, 6) is 0.545. The third kappa shape index (κ3) is 3.72. The lowest BCUT2D eigenvalue weighted by Crippen LogP contribution is -2.55. The lowest BCUT2D eigenvalue weighted by Gasteiger charge is -2.43. The molecule has 1 saturated heterocycles. The molecule has 2 heterocycles. The Labute approximate surface area is 151 Å². The predicted octanol–water partition coefficient (Wildman–Crippen LogP) is 2.53. The first-order chi connectivity index (χ1) is 12.3. The molecule has 25 heavy (non-hydrogen) atoms. The summed E-state index contributed by atoms with van der Waals surface area (Å²) in [4.78, 5) is 19.0. The molecular weight excluding hydrogens is 336 g/mol. The molecule has 7 heteroatoms. The minimum Gasteiger partial charge on any atom is -0.374 e. The van der Waals surface area contributed by atoms with E-state index in [1.807, 2.05) is 35.2 Å². The molecule has 1 aliphatic carbocycles. The second-order valence-electron chi connectivity index (χ2n) is 6.44. The molecule has 0 spiro atoms. The Morgan fingerprint density at radius 3 is 2.96 bits per heavy atom. The SMILES string of the molecule is O=C(CSc1ncn(-c2ccccc2)n1)N1CCO[C@H]2CCCC[C@H]21. The van der Waals surface area contributed by atoms with Crippen LogP contribution in [0.15, 0.2) is 41.8 Å². The van der Waals surface area contributed by atoms with Crippen molar-refractivity contribution in [3.05, 3.63) is 36.7 Å². The van der Waals surface area contributed by atoms with Gasteiger partial charge in [0.2, 0.25) is 11.1 Å². The van der Waals surface area contributed by atoms with Crippen LogP contribution in [0.5, 0.6) is 0 Å². The van der Waals surface area contributed by atoms with Gasteiger partial charge >= 0.3 is 0 Å². The monoisotopic (exact) mass is 358 g/mol. The molecule has 1 saturated carbocycles. The summed E-state index contributed by atoms with van der Waals surface area (Å²) in [5, 5.41) is 5.08. The van der Waals surface area contributed by atoms with Crippen LogP contribution in [0.1, 0.15) is 25.7 Å². The Bertz CT molecular complexity index is 719. The van der Waals surface area contributed by atoms with Gasteiger partial charge in [-0.25, -0.2) is 9.67 Å². The molecule has 2 atom stereocenters. The minimum atomic E-state index is 0.168. The van der Waals surface area contributed by atoms with E-state index in [1.54, 1.807) is 11.0 Å². The molecule has 0 bridgehead atoms. The van der Waals surface area contributed by atoms with Crippen LogP contribution < -0.4 is 0 Å². The zero-order chi connectivity index (χ0) is 17.1. The van der Waals surface area contributed by atoms with Crippen molar-refractivity contribution < 1.29 is 9.53 Å². The first kappa shape index (κ1) is 16.6. The number of hydrogen-bond acceptors (Lipinski definition) is 5. The van der Waals surface area contributed by atoms with Gasteiger partial charge in [0, 0.05) is 6.54 Å². The van der Waals surface area contributed by atoms with E-state index >= 15 is 0 Å². The molecule has 1 aromatic heterocycles. The van der Waals surface area contributed by atoms with Crippen LogP contribution in [0.4, 0.5) is 0 Å². The van der Waals surface area contributed by atoms with Gasteiger partial charge in [-0.05, 0) is 25.0 Å². The van der Waals surface area contributed by atoms with Gasteiger partial charge in [0.25, 0.3) is 0 Å². The van der Waals surface area contributed by atoms with Crippen molar-refractivity contribution in [2.45, 2.75) is 43.0 Å². The first-order valence-electron chi connectivity index (χ1n) is 8.82. The van der Waals surface area contributed by atoms with E-state index in [0.717, 1.165) is 18.5 Å². The van der Waals surface area contributed by atoms with Crippen molar-refractivity contribution in [2.75, 3.05) is 18.9 Å². The number of benzene rings is 1. The summed E-state index contributed by atoms with van der Waals surface area (Å²) >= 11 is 1.40. The molecule has 6 nitrogen and oxygen atoms in total. The second-order valence-corrected chi connectivity index (χ2v) is 7.39. The summed E-state index contributed by atoms with van der Waals surface area (Å²) < 4.78 is 7.58. The molecule has 2 aromatic rings. The number of aromatic nitrogens is 3. The summed E-state index contributed by atoms with van der Waals surface area (Å²) in [6, 6.07) is 10.1. The van der Waals surface area contributed by atoms with Crippen LogP contribution >= 0.6 is 11.8 Å². The fraction of sp³-hybridized carbons (Fsp3) is 0.500. The summed E-state index contributed by atoms with van der Waals surface area (Å²) in [6.07, 6.45) is 6.44. The maximum atomic E-state index is 12.7. The quantitative estimate of drug-likeness (QED) is 0.786. The Morgan fingerprint density at radius 1 is 1.24 bits per heavy atom. The molecule has 2 aliphatic rings. The van der Waals surface area contributed by atoms with Crippen LogP contribution in [-0.2, 0) is 9.53 Å². The van der Waals surface area contributed by atoms with E-state index in [9.17, 15) is 4.79 Å². The number of carbonyl (C=O) groups excluding carboxylic acids is 1. The third-order valence-electron chi connectivity index (χ3n) is 4.87. The highest BCUT2D eigenvalue weighted by atomic mass is 32.2. The van der Waals surface area contributed by atoms with E-state index in [1.165, 1.54) is 24.6 Å². The van der Waals surface area contributed by atoms with Gasteiger partial charge < -0.3 is 9.64 Å². The standard InChI is InChI=1S/C18H22N4O2S/c23-17(21-10-11-24-16-9-5-4-8-15(16)21)12-25-18-19-13-22(20-18)14-6-2-1-3-7-14/h1-3,6-7,13,15-16H,4-5,8-12H2/t15-,16+/m1/s1. The molecule has 2 fully saturated rings. The molecule has 1 aliphatic heterocycles. The number of nitrogens with zero attached hydrogens (tertiary/aromatic N) is 4. The summed E-state index contributed by atoms with van der Waals surface area (Å²) in [7, 11) is 0. The number of rotatable bonds is 4. The highest BCUT2D eigenvalue weighted by molar-refractivity contribution is 7.99. The van der Waals surface area contributed by atoms with Crippen LogP contribution in [0.2, 0.25) is 0 Å². The van der Waals surface area contributed by atoms with E-state index in [2.05, 4.69) is 10.1 Å². The number of hydrogen-bond donors (Lipinski definition) is 0. The maximum Gasteiger partial charge on any atom is 0.233 e. The van der Waals surface area contributed by atoms with Crippen LogP contribution in [-0.4, -0.2) is 56.6 Å². The van der Waals surface area contributed by atoms with Crippen LogP contribution in [0.3, 0.4) is 0 Å². The van der Waals surface area contributed by atoms with Crippen molar-refractivity contribution in [1.82, 2.24) is 19.7 Å². The van der Waals surface area contributed by atoms with Crippen LogP contribution in [0.25, 0.3) is 5.69 Å². The number of amides is 1. The van der Waals surface area contributed by atoms with Crippen LogP contribution in [0, 0.1) is 0 Å². The molecule has 0 N–H and O–H groups in total. The molecular formula is C18H22N4O2S. The molecule has 132 valence electrons. The van der Waals surface area contributed by atoms with Gasteiger partial charge in [0.05, 0.1) is 30.2 Å². The second kappa shape index (κ2) is 7.58. The number of carbonyl (C=O) groups is 1. The Hall–Kier alpha value is -1.86. The highest BCUT2D eigenvalue weighted by Gasteiger charge is 2.36. The number of fused-ring (bicyclic) bond motifs is 1. The fourth-order valence-corrected chi connectivity index (χ4v) is 4.32. The Kier molecular flexibility index (Phi) is 5.03. The van der Waals surface area contributed by atoms with Crippen molar-refractivity contribution >= 4 is 17.7 Å².